The lowest BCUT2D eigenvalue weighted by Gasteiger charge is -2.32. The van der Waals surface area contributed by atoms with E-state index >= 15 is 0 Å². The molecule has 2 aromatic rings. The number of nitrogens with zero attached hydrogens (tertiary/aromatic N) is 2. The first kappa shape index (κ1) is 28.4. The zero-order valence-electron chi connectivity index (χ0n) is 22.6. The Hall–Kier alpha value is -3.19. The first-order valence-corrected chi connectivity index (χ1v) is 13.0. The van der Waals surface area contributed by atoms with Crippen LogP contribution < -0.4 is 0 Å². The van der Waals surface area contributed by atoms with Gasteiger partial charge in [-0.25, -0.2) is 4.79 Å². The number of ether oxygens (including phenoxy) is 2. The summed E-state index contributed by atoms with van der Waals surface area (Å²) < 4.78 is 11.5. The average molecular weight is 509 g/mol. The minimum Gasteiger partial charge on any atom is -0.460 e. The fraction of sp³-hybridized carbons (Fsp3) is 0.500. The highest BCUT2D eigenvalue weighted by atomic mass is 16.6. The van der Waals surface area contributed by atoms with E-state index in [4.69, 9.17) is 9.47 Å². The first-order valence-electron chi connectivity index (χ1n) is 13.0. The monoisotopic (exact) mass is 508 g/mol. The van der Waals surface area contributed by atoms with Gasteiger partial charge >= 0.3 is 12.1 Å². The maximum atomic E-state index is 13.5. The Morgan fingerprint density at radius 3 is 2.11 bits per heavy atom. The number of amides is 1. The number of carbonyl (C=O) groups is 3. The normalized spacial score (nSPS) is 19.0. The lowest BCUT2D eigenvalue weighted by Crippen LogP contribution is -2.48. The van der Waals surface area contributed by atoms with Crippen LogP contribution in [0.3, 0.4) is 0 Å². The molecule has 1 aliphatic rings. The molecule has 0 unspecified atom stereocenters. The molecule has 1 amide bonds. The molecule has 0 N–H and O–H groups in total. The molecule has 2 aromatic carbocycles. The Morgan fingerprint density at radius 2 is 1.57 bits per heavy atom. The summed E-state index contributed by atoms with van der Waals surface area (Å²) in [4.78, 5) is 42.3. The van der Waals surface area contributed by atoms with Crippen LogP contribution in [0.1, 0.15) is 58.6 Å². The summed E-state index contributed by atoms with van der Waals surface area (Å²) in [5, 5.41) is 0. The summed E-state index contributed by atoms with van der Waals surface area (Å²) in [7, 11) is 0. The van der Waals surface area contributed by atoms with Gasteiger partial charge in [0.25, 0.3) is 0 Å². The predicted molar refractivity (Wildman–Crippen MR) is 143 cm³/mol. The van der Waals surface area contributed by atoms with Crippen LogP contribution in [0.15, 0.2) is 60.7 Å². The van der Waals surface area contributed by atoms with Crippen LogP contribution in [0, 0.1) is 5.92 Å². The molecule has 0 aromatic heterocycles. The molecule has 1 heterocycles. The molecule has 0 radical (unpaired) electrons. The predicted octanol–water partition coefficient (Wildman–Crippen LogP) is 5.22. The molecule has 1 fully saturated rings. The Balaban J connectivity index is 1.92. The molecule has 37 heavy (non-hydrogen) atoms. The van der Waals surface area contributed by atoms with E-state index in [9.17, 15) is 14.4 Å². The highest BCUT2D eigenvalue weighted by Crippen LogP contribution is 2.32. The summed E-state index contributed by atoms with van der Waals surface area (Å²) >= 11 is 0. The summed E-state index contributed by atoms with van der Waals surface area (Å²) in [6.45, 7) is 9.94. The van der Waals surface area contributed by atoms with Crippen molar-refractivity contribution in [3.63, 3.8) is 0 Å². The third-order valence-corrected chi connectivity index (χ3v) is 6.43. The van der Waals surface area contributed by atoms with Crippen molar-refractivity contribution in [3.05, 3.63) is 71.8 Å². The highest BCUT2D eigenvalue weighted by Gasteiger charge is 2.48. The van der Waals surface area contributed by atoms with E-state index in [1.54, 1.807) is 4.90 Å². The fourth-order valence-electron chi connectivity index (χ4n) is 4.79. The van der Waals surface area contributed by atoms with Gasteiger partial charge in [0.05, 0.1) is 12.7 Å². The van der Waals surface area contributed by atoms with Gasteiger partial charge in [0.2, 0.25) is 0 Å². The van der Waals surface area contributed by atoms with Gasteiger partial charge in [-0.2, -0.15) is 0 Å². The van der Waals surface area contributed by atoms with Crippen molar-refractivity contribution in [2.45, 2.75) is 84.2 Å². The average Bonchev–Trinajstić information content (AvgIpc) is 3.19. The summed E-state index contributed by atoms with van der Waals surface area (Å²) in [5.74, 6) is -0.146. The van der Waals surface area contributed by atoms with Crippen LogP contribution in [0.2, 0.25) is 0 Å². The van der Waals surface area contributed by atoms with Gasteiger partial charge in [-0.1, -0.05) is 74.5 Å². The number of hydrogen-bond acceptors (Lipinski definition) is 6. The van der Waals surface area contributed by atoms with E-state index in [1.807, 2.05) is 86.3 Å². The Labute approximate surface area is 220 Å². The topological polar surface area (TPSA) is 76.2 Å². The van der Waals surface area contributed by atoms with Gasteiger partial charge < -0.3 is 14.3 Å². The summed E-state index contributed by atoms with van der Waals surface area (Å²) in [5.41, 5.74) is 1.28. The van der Waals surface area contributed by atoms with E-state index < -0.39 is 17.7 Å². The highest BCUT2D eigenvalue weighted by molar-refractivity contribution is 5.76. The molecule has 0 aliphatic carbocycles. The number of hydrogen-bond donors (Lipinski definition) is 0. The minimum absolute atomic E-state index is 0.170. The van der Waals surface area contributed by atoms with E-state index in [2.05, 4.69) is 13.8 Å². The third kappa shape index (κ3) is 8.15. The molecule has 0 bridgehead atoms. The Kier molecular flexibility index (Phi) is 9.86. The van der Waals surface area contributed by atoms with Crippen molar-refractivity contribution in [2.75, 3.05) is 6.67 Å². The van der Waals surface area contributed by atoms with Gasteiger partial charge in [-0.15, -0.1) is 0 Å². The maximum Gasteiger partial charge on any atom is 0.411 e. The first-order chi connectivity index (χ1) is 17.6. The lowest BCUT2D eigenvalue weighted by atomic mass is 9.95. The summed E-state index contributed by atoms with van der Waals surface area (Å²) in [6, 6.07) is 18.1. The molecule has 1 saturated heterocycles. The number of benzene rings is 2. The largest absolute Gasteiger partial charge is 0.460 e. The molecule has 0 spiro atoms. The standard InChI is InChI=1S/C30H40N2O5/c1-22(2)18-27(28(34)36-20-24-14-10-7-11-15-24)31-21-32(29(35)37-30(3,4)5)26(25(31)16-17-33)19-23-12-8-6-9-13-23/h6-15,17,22,25-27H,16,18-21H2,1-5H3/t25-,26+,27+/m1/s1. The van der Waals surface area contributed by atoms with Crippen molar-refractivity contribution in [2.24, 2.45) is 5.92 Å². The zero-order valence-corrected chi connectivity index (χ0v) is 22.6. The SMILES string of the molecule is CC(C)C[C@@H](C(=O)OCc1ccccc1)N1CN(C(=O)OC(C)(C)C)[C@@H](Cc2ccccc2)[C@H]1CC=O. The van der Waals surface area contributed by atoms with E-state index in [-0.39, 0.29) is 43.7 Å². The van der Waals surface area contributed by atoms with Crippen molar-refractivity contribution in [1.29, 1.82) is 0 Å². The second-order valence-corrected chi connectivity index (χ2v) is 11.1. The lowest BCUT2D eigenvalue weighted by molar-refractivity contribution is -0.153. The molecule has 200 valence electrons. The third-order valence-electron chi connectivity index (χ3n) is 6.43. The zero-order chi connectivity index (χ0) is 27.0. The molecule has 7 heteroatoms. The van der Waals surface area contributed by atoms with Crippen molar-refractivity contribution < 1.29 is 23.9 Å². The maximum absolute atomic E-state index is 13.5. The van der Waals surface area contributed by atoms with Gasteiger partial charge in [0, 0.05) is 12.5 Å². The van der Waals surface area contributed by atoms with E-state index in [0.29, 0.717) is 12.8 Å². The quantitative estimate of drug-likeness (QED) is 0.323. The number of carbonyl (C=O) groups excluding carboxylic acids is 3. The van der Waals surface area contributed by atoms with E-state index in [0.717, 1.165) is 17.4 Å². The Bertz CT molecular complexity index is 1020. The van der Waals surface area contributed by atoms with Crippen LogP contribution in [0.4, 0.5) is 4.79 Å². The van der Waals surface area contributed by atoms with Gasteiger partial charge in [-0.3, -0.25) is 14.6 Å². The minimum atomic E-state index is -0.673. The Morgan fingerprint density at radius 1 is 0.973 bits per heavy atom. The van der Waals surface area contributed by atoms with Crippen LogP contribution in [-0.4, -0.2) is 58.5 Å². The number of esters is 1. The van der Waals surface area contributed by atoms with Crippen LogP contribution >= 0.6 is 0 Å². The molecular weight excluding hydrogens is 468 g/mol. The van der Waals surface area contributed by atoms with Crippen LogP contribution in [-0.2, 0) is 32.1 Å². The van der Waals surface area contributed by atoms with Crippen molar-refractivity contribution in [3.8, 4) is 0 Å². The molecule has 3 rings (SSSR count). The van der Waals surface area contributed by atoms with Crippen LogP contribution in [0.25, 0.3) is 0 Å². The second kappa shape index (κ2) is 12.9. The van der Waals surface area contributed by atoms with Gasteiger partial charge in [0.15, 0.2) is 0 Å². The fourth-order valence-corrected chi connectivity index (χ4v) is 4.79. The number of rotatable bonds is 10. The van der Waals surface area contributed by atoms with Gasteiger partial charge in [-0.05, 0) is 50.7 Å². The summed E-state index contributed by atoms with van der Waals surface area (Å²) in [6.07, 6.45) is 1.70. The molecular formula is C30H40N2O5. The molecule has 0 saturated carbocycles. The van der Waals surface area contributed by atoms with Gasteiger partial charge in [0.1, 0.15) is 24.5 Å². The smallest absolute Gasteiger partial charge is 0.411 e. The van der Waals surface area contributed by atoms with Crippen molar-refractivity contribution >= 4 is 18.3 Å². The second-order valence-electron chi connectivity index (χ2n) is 11.1. The van der Waals surface area contributed by atoms with E-state index in [1.165, 1.54) is 0 Å². The molecule has 1 aliphatic heterocycles. The molecule has 3 atom stereocenters. The van der Waals surface area contributed by atoms with Crippen LogP contribution in [0.5, 0.6) is 0 Å². The molecule has 7 nitrogen and oxygen atoms in total. The number of aldehydes is 1. The van der Waals surface area contributed by atoms with Crippen molar-refractivity contribution in [1.82, 2.24) is 9.80 Å².